The minimum Gasteiger partial charge on any atom is -0.354 e. The second-order valence-electron chi connectivity index (χ2n) is 5.54. The molecule has 0 radical (unpaired) electrons. The monoisotopic (exact) mass is 271 g/mol. The van der Waals surface area contributed by atoms with E-state index in [9.17, 15) is 0 Å². The van der Waals surface area contributed by atoms with Crippen LogP contribution in [0.4, 0.5) is 0 Å². The van der Waals surface area contributed by atoms with Gasteiger partial charge >= 0.3 is 0 Å². The molecule has 0 saturated carbocycles. The number of hydrogen-bond acceptors (Lipinski definition) is 0. The molecular weight excluding hydrogens is 254 g/mol. The molecule has 0 spiro atoms. The van der Waals surface area contributed by atoms with Gasteiger partial charge in [-0.3, -0.25) is 0 Å². The van der Waals surface area contributed by atoms with E-state index in [1.807, 2.05) is 0 Å². The van der Waals surface area contributed by atoms with Crippen LogP contribution in [0.1, 0.15) is 18.1 Å². The lowest BCUT2D eigenvalue weighted by Gasteiger charge is -2.05. The van der Waals surface area contributed by atoms with Crippen LogP contribution in [0.3, 0.4) is 0 Å². The minimum absolute atomic E-state index is 1.21. The second kappa shape index (κ2) is 4.49. The normalized spacial score (nSPS) is 12.1. The van der Waals surface area contributed by atoms with Gasteiger partial charge in [-0.05, 0) is 47.9 Å². The molecule has 0 amide bonds. The van der Waals surface area contributed by atoms with Gasteiger partial charge in [-0.2, -0.15) is 0 Å². The van der Waals surface area contributed by atoms with Gasteiger partial charge in [0.15, 0.2) is 0 Å². The Labute approximate surface area is 123 Å². The van der Waals surface area contributed by atoms with Gasteiger partial charge in [-0.25, -0.2) is 0 Å². The summed E-state index contributed by atoms with van der Waals surface area (Å²) in [5, 5.41) is 5.30. The molecule has 102 valence electrons. The van der Waals surface area contributed by atoms with Crippen molar-refractivity contribution in [3.8, 4) is 0 Å². The number of hydrogen-bond donors (Lipinski definition) is 1. The number of nitrogens with one attached hydrogen (secondary N) is 1. The average molecular weight is 271 g/mol. The van der Waals surface area contributed by atoms with Gasteiger partial charge in [0.1, 0.15) is 0 Å². The molecule has 0 aliphatic carbocycles. The van der Waals surface area contributed by atoms with Gasteiger partial charge in [0.25, 0.3) is 0 Å². The predicted molar refractivity (Wildman–Crippen MR) is 92.8 cm³/mol. The number of benzene rings is 3. The lowest BCUT2D eigenvalue weighted by Crippen LogP contribution is -1.82. The highest BCUT2D eigenvalue weighted by atomic mass is 14.7. The summed E-state index contributed by atoms with van der Waals surface area (Å²) in [6, 6.07) is 17.4. The summed E-state index contributed by atoms with van der Waals surface area (Å²) in [6.45, 7) is 4.28. The van der Waals surface area contributed by atoms with Crippen molar-refractivity contribution in [2.45, 2.75) is 13.8 Å². The fraction of sp³-hybridized carbons (Fsp3) is 0.100. The van der Waals surface area contributed by atoms with Crippen LogP contribution < -0.4 is 0 Å². The maximum atomic E-state index is 3.56. The Hall–Kier alpha value is -2.54. The first-order valence-corrected chi connectivity index (χ1v) is 7.35. The molecule has 0 atom stereocenters. The van der Waals surface area contributed by atoms with E-state index in [1.165, 1.54) is 43.7 Å². The Morgan fingerprint density at radius 2 is 1.62 bits per heavy atom. The molecule has 4 aromatic rings. The van der Waals surface area contributed by atoms with E-state index in [4.69, 9.17) is 0 Å². The number of rotatable bonds is 1. The van der Waals surface area contributed by atoms with Crippen LogP contribution in [-0.2, 0) is 0 Å². The summed E-state index contributed by atoms with van der Waals surface area (Å²) in [7, 11) is 0. The van der Waals surface area contributed by atoms with Crippen molar-refractivity contribution in [3.05, 3.63) is 65.7 Å². The highest BCUT2D eigenvalue weighted by Crippen LogP contribution is 2.35. The zero-order valence-corrected chi connectivity index (χ0v) is 12.3. The van der Waals surface area contributed by atoms with Gasteiger partial charge in [-0.15, -0.1) is 0 Å². The first-order valence-electron chi connectivity index (χ1n) is 7.35. The summed E-state index contributed by atoms with van der Waals surface area (Å²) in [5.74, 6) is 0. The fourth-order valence-corrected chi connectivity index (χ4v) is 3.30. The number of allylic oxidation sites excluding steroid dienone is 1. The number of H-pyrrole nitrogens is 1. The molecule has 1 heterocycles. The molecule has 1 aromatic heterocycles. The number of aryl methyl sites for hydroxylation is 1. The third-order valence-electron chi connectivity index (χ3n) is 4.30. The highest BCUT2D eigenvalue weighted by molar-refractivity contribution is 6.21. The van der Waals surface area contributed by atoms with Crippen molar-refractivity contribution in [1.82, 2.24) is 4.98 Å². The molecule has 4 rings (SSSR count). The molecule has 1 N–H and O–H groups in total. The quantitative estimate of drug-likeness (QED) is 0.449. The molecule has 3 aromatic carbocycles. The lowest BCUT2D eigenvalue weighted by molar-refractivity contribution is 1.48. The maximum absolute atomic E-state index is 3.56. The molecule has 21 heavy (non-hydrogen) atoms. The SMILES string of the molecule is C/C=C\c1ccc2[nH]c3ccc4ccccc4c3c2c1C. The molecule has 0 aliphatic heterocycles. The van der Waals surface area contributed by atoms with Crippen LogP contribution >= 0.6 is 0 Å². The van der Waals surface area contributed by atoms with Crippen molar-refractivity contribution in [1.29, 1.82) is 0 Å². The average Bonchev–Trinajstić information content (AvgIpc) is 2.90. The van der Waals surface area contributed by atoms with Crippen LogP contribution in [-0.4, -0.2) is 4.98 Å². The van der Waals surface area contributed by atoms with Gasteiger partial charge in [0.05, 0.1) is 0 Å². The van der Waals surface area contributed by atoms with Crippen molar-refractivity contribution >= 4 is 38.7 Å². The van der Waals surface area contributed by atoms with E-state index < -0.39 is 0 Å². The second-order valence-corrected chi connectivity index (χ2v) is 5.54. The molecule has 0 bridgehead atoms. The van der Waals surface area contributed by atoms with Crippen molar-refractivity contribution in [3.63, 3.8) is 0 Å². The third kappa shape index (κ3) is 1.71. The maximum Gasteiger partial charge on any atom is 0.0471 e. The minimum atomic E-state index is 1.21. The van der Waals surface area contributed by atoms with Crippen LogP contribution in [0.15, 0.2) is 54.6 Å². The van der Waals surface area contributed by atoms with E-state index in [0.29, 0.717) is 0 Å². The van der Waals surface area contributed by atoms with Crippen molar-refractivity contribution < 1.29 is 0 Å². The van der Waals surface area contributed by atoms with Crippen LogP contribution in [0.25, 0.3) is 38.7 Å². The Balaban J connectivity index is 2.27. The summed E-state index contributed by atoms with van der Waals surface area (Å²) < 4.78 is 0. The topological polar surface area (TPSA) is 15.8 Å². The summed E-state index contributed by atoms with van der Waals surface area (Å²) in [5.41, 5.74) is 5.06. The molecule has 1 heteroatoms. The van der Waals surface area contributed by atoms with Crippen molar-refractivity contribution in [2.75, 3.05) is 0 Å². The summed E-state index contributed by atoms with van der Waals surface area (Å²) >= 11 is 0. The largest absolute Gasteiger partial charge is 0.354 e. The van der Waals surface area contributed by atoms with Crippen molar-refractivity contribution in [2.24, 2.45) is 0 Å². The van der Waals surface area contributed by atoms with E-state index in [0.717, 1.165) is 0 Å². The van der Waals surface area contributed by atoms with Gasteiger partial charge in [0, 0.05) is 21.8 Å². The first-order chi connectivity index (χ1) is 10.3. The van der Waals surface area contributed by atoms with Crippen LogP contribution in [0.5, 0.6) is 0 Å². The Kier molecular flexibility index (Phi) is 2.61. The van der Waals surface area contributed by atoms with Crippen LogP contribution in [0.2, 0.25) is 0 Å². The smallest absolute Gasteiger partial charge is 0.0471 e. The van der Waals surface area contributed by atoms with E-state index in [1.54, 1.807) is 0 Å². The zero-order valence-electron chi connectivity index (χ0n) is 12.3. The molecule has 0 aliphatic rings. The third-order valence-corrected chi connectivity index (χ3v) is 4.30. The van der Waals surface area contributed by atoms with Gasteiger partial charge in [0.2, 0.25) is 0 Å². The molecule has 0 fully saturated rings. The van der Waals surface area contributed by atoms with E-state index >= 15 is 0 Å². The highest BCUT2D eigenvalue weighted by Gasteiger charge is 2.11. The molecule has 0 unspecified atom stereocenters. The predicted octanol–water partition coefficient (Wildman–Crippen LogP) is 5.82. The Bertz CT molecular complexity index is 1000. The van der Waals surface area contributed by atoms with E-state index in [2.05, 4.69) is 79.5 Å². The molecule has 1 nitrogen and oxygen atoms in total. The summed E-state index contributed by atoms with van der Waals surface area (Å²) in [6.07, 6.45) is 4.28. The lowest BCUT2D eigenvalue weighted by atomic mass is 9.98. The number of fused-ring (bicyclic) bond motifs is 5. The zero-order chi connectivity index (χ0) is 14.4. The van der Waals surface area contributed by atoms with Gasteiger partial charge in [-0.1, -0.05) is 48.6 Å². The fourth-order valence-electron chi connectivity index (χ4n) is 3.30. The summed E-state index contributed by atoms with van der Waals surface area (Å²) in [4.78, 5) is 3.56. The Morgan fingerprint density at radius 3 is 2.48 bits per heavy atom. The van der Waals surface area contributed by atoms with Gasteiger partial charge < -0.3 is 4.98 Å². The first kappa shape index (κ1) is 12.2. The van der Waals surface area contributed by atoms with Crippen LogP contribution in [0, 0.1) is 6.92 Å². The Morgan fingerprint density at radius 1 is 0.857 bits per heavy atom. The van der Waals surface area contributed by atoms with E-state index in [-0.39, 0.29) is 0 Å². The number of aromatic nitrogens is 1. The molecule has 0 saturated heterocycles. The number of aromatic amines is 1. The molecular formula is C20H17N. The standard InChI is InChI=1S/C20H17N/c1-3-6-14-9-11-17-19(13(14)2)20-16-8-5-4-7-15(16)10-12-18(20)21-17/h3-12,21H,1-2H3/b6-3-.